The molecule has 5 rings (SSSR count). The summed E-state index contributed by atoms with van der Waals surface area (Å²) in [5.74, 6) is 1.47. The second-order valence-corrected chi connectivity index (χ2v) is 8.60. The molecule has 2 aliphatic heterocycles. The summed E-state index contributed by atoms with van der Waals surface area (Å²) < 4.78 is 25.1. The third kappa shape index (κ3) is 3.70. The van der Waals surface area contributed by atoms with E-state index in [9.17, 15) is 4.39 Å². The topological polar surface area (TPSA) is 45.8 Å². The van der Waals surface area contributed by atoms with Crippen LogP contribution < -0.4 is 25.2 Å². The third-order valence-corrected chi connectivity index (χ3v) is 6.59. The SMILES string of the molecule is COc1cc2c(cc1OC)N(Cc1cccc(F)c1)CC1C(c3ccc(C)cc3)NNC21. The molecule has 32 heavy (non-hydrogen) atoms. The minimum Gasteiger partial charge on any atom is -0.493 e. The lowest BCUT2D eigenvalue weighted by molar-refractivity contribution is 0.350. The maximum atomic E-state index is 13.9. The van der Waals surface area contributed by atoms with Crippen LogP contribution in [-0.4, -0.2) is 20.8 Å². The molecule has 1 fully saturated rings. The van der Waals surface area contributed by atoms with E-state index in [1.165, 1.54) is 17.2 Å². The first-order valence-electron chi connectivity index (χ1n) is 10.9. The van der Waals surface area contributed by atoms with E-state index >= 15 is 0 Å². The molecule has 3 unspecified atom stereocenters. The molecule has 2 aliphatic rings. The Morgan fingerprint density at radius 2 is 1.66 bits per heavy atom. The van der Waals surface area contributed by atoms with Crippen LogP contribution in [0.15, 0.2) is 60.7 Å². The fourth-order valence-corrected chi connectivity index (χ4v) is 4.97. The number of methoxy groups -OCH3 is 2. The fraction of sp³-hybridized carbons (Fsp3) is 0.308. The Labute approximate surface area is 188 Å². The van der Waals surface area contributed by atoms with E-state index < -0.39 is 0 Å². The van der Waals surface area contributed by atoms with Gasteiger partial charge in [0.2, 0.25) is 0 Å². The average molecular weight is 434 g/mol. The Hall–Kier alpha value is -3.09. The molecule has 3 aromatic carbocycles. The lowest BCUT2D eigenvalue weighted by atomic mass is 9.81. The maximum Gasteiger partial charge on any atom is 0.162 e. The zero-order valence-corrected chi connectivity index (χ0v) is 18.6. The number of hydrazine groups is 1. The molecule has 5 nitrogen and oxygen atoms in total. The zero-order valence-electron chi connectivity index (χ0n) is 18.6. The molecule has 6 heteroatoms. The molecule has 166 valence electrons. The largest absolute Gasteiger partial charge is 0.493 e. The van der Waals surface area contributed by atoms with E-state index in [2.05, 4.69) is 53.0 Å². The molecule has 2 N–H and O–H groups in total. The van der Waals surface area contributed by atoms with Crippen molar-refractivity contribution in [3.8, 4) is 11.5 Å². The molecule has 0 aromatic heterocycles. The summed E-state index contributed by atoms with van der Waals surface area (Å²) in [4.78, 5) is 2.32. The number of hydrogen-bond acceptors (Lipinski definition) is 5. The predicted octanol–water partition coefficient (Wildman–Crippen LogP) is 4.68. The Morgan fingerprint density at radius 1 is 0.938 bits per heavy atom. The van der Waals surface area contributed by atoms with Crippen molar-refractivity contribution in [1.82, 2.24) is 10.9 Å². The standard InChI is InChI=1S/C26H28FN3O2/c1-16-7-9-18(10-8-16)25-21-15-30(14-17-5-4-6-19(27)11-17)22-13-24(32-3)23(31-2)12-20(22)26(21)29-28-25/h4-13,21,25-26,28-29H,14-15H2,1-3H3. The lowest BCUT2D eigenvalue weighted by Gasteiger charge is -2.39. The molecule has 0 aliphatic carbocycles. The van der Waals surface area contributed by atoms with Crippen LogP contribution in [0.1, 0.15) is 34.3 Å². The summed E-state index contributed by atoms with van der Waals surface area (Å²) in [6, 6.07) is 19.9. The smallest absolute Gasteiger partial charge is 0.162 e. The summed E-state index contributed by atoms with van der Waals surface area (Å²) in [7, 11) is 3.31. The monoisotopic (exact) mass is 433 g/mol. The van der Waals surface area contributed by atoms with Crippen molar-refractivity contribution in [2.75, 3.05) is 25.7 Å². The van der Waals surface area contributed by atoms with Crippen molar-refractivity contribution in [2.24, 2.45) is 5.92 Å². The number of halogens is 1. The summed E-state index contributed by atoms with van der Waals surface area (Å²) in [5.41, 5.74) is 12.7. The minimum absolute atomic E-state index is 0.125. The van der Waals surface area contributed by atoms with Crippen LogP contribution in [0, 0.1) is 18.7 Å². The number of benzene rings is 3. The Balaban J connectivity index is 1.56. The van der Waals surface area contributed by atoms with Gasteiger partial charge in [-0.15, -0.1) is 0 Å². The lowest BCUT2D eigenvalue weighted by Crippen LogP contribution is -2.39. The van der Waals surface area contributed by atoms with E-state index in [-0.39, 0.29) is 23.8 Å². The van der Waals surface area contributed by atoms with Gasteiger partial charge in [-0.1, -0.05) is 42.0 Å². The van der Waals surface area contributed by atoms with Crippen LogP contribution in [0.4, 0.5) is 10.1 Å². The molecule has 3 aromatic rings. The number of aryl methyl sites for hydroxylation is 1. The zero-order chi connectivity index (χ0) is 22.2. The number of fused-ring (bicyclic) bond motifs is 3. The highest BCUT2D eigenvalue weighted by atomic mass is 19.1. The minimum atomic E-state index is -0.216. The Kier molecular flexibility index (Phi) is 5.49. The van der Waals surface area contributed by atoms with Gasteiger partial charge in [0, 0.05) is 30.8 Å². The second-order valence-electron chi connectivity index (χ2n) is 8.60. The third-order valence-electron chi connectivity index (χ3n) is 6.59. The van der Waals surface area contributed by atoms with Crippen molar-refractivity contribution in [3.05, 3.63) is 88.7 Å². The molecule has 2 heterocycles. The quantitative estimate of drug-likeness (QED) is 0.612. The number of rotatable bonds is 5. The maximum absolute atomic E-state index is 13.9. The van der Waals surface area contributed by atoms with Crippen LogP contribution in [0.3, 0.4) is 0 Å². The molecular formula is C26H28FN3O2. The van der Waals surface area contributed by atoms with Gasteiger partial charge in [-0.3, -0.25) is 0 Å². The van der Waals surface area contributed by atoms with E-state index in [0.29, 0.717) is 18.0 Å². The van der Waals surface area contributed by atoms with Crippen LogP contribution >= 0.6 is 0 Å². The molecule has 0 amide bonds. The fourth-order valence-electron chi connectivity index (χ4n) is 4.97. The van der Waals surface area contributed by atoms with Crippen LogP contribution in [0.5, 0.6) is 11.5 Å². The van der Waals surface area contributed by atoms with E-state index in [4.69, 9.17) is 9.47 Å². The summed E-state index contributed by atoms with van der Waals surface area (Å²) >= 11 is 0. The summed E-state index contributed by atoms with van der Waals surface area (Å²) in [6.45, 7) is 3.54. The van der Waals surface area contributed by atoms with Gasteiger partial charge in [0.25, 0.3) is 0 Å². The molecule has 0 spiro atoms. The van der Waals surface area contributed by atoms with E-state index in [0.717, 1.165) is 23.4 Å². The predicted molar refractivity (Wildman–Crippen MR) is 123 cm³/mol. The molecule has 0 radical (unpaired) electrons. The number of nitrogens with zero attached hydrogens (tertiary/aromatic N) is 1. The molecule has 0 saturated carbocycles. The van der Waals surface area contributed by atoms with Gasteiger partial charge in [0.15, 0.2) is 11.5 Å². The molecule has 1 saturated heterocycles. The second kappa shape index (κ2) is 8.45. The van der Waals surface area contributed by atoms with Crippen molar-refractivity contribution < 1.29 is 13.9 Å². The summed E-state index contributed by atoms with van der Waals surface area (Å²) in [5, 5.41) is 0. The number of ether oxygens (including phenoxy) is 2. The molecular weight excluding hydrogens is 405 g/mol. The van der Waals surface area contributed by atoms with E-state index in [1.807, 2.05) is 12.1 Å². The van der Waals surface area contributed by atoms with Crippen LogP contribution in [-0.2, 0) is 6.54 Å². The number of nitrogens with one attached hydrogen (secondary N) is 2. The van der Waals surface area contributed by atoms with Crippen molar-refractivity contribution in [1.29, 1.82) is 0 Å². The molecule has 0 bridgehead atoms. The van der Waals surface area contributed by atoms with Gasteiger partial charge < -0.3 is 14.4 Å². The first-order valence-corrected chi connectivity index (χ1v) is 10.9. The van der Waals surface area contributed by atoms with Gasteiger partial charge in [0.1, 0.15) is 5.82 Å². The van der Waals surface area contributed by atoms with E-state index in [1.54, 1.807) is 26.4 Å². The Morgan fingerprint density at radius 3 is 2.38 bits per heavy atom. The van der Waals surface area contributed by atoms with Crippen molar-refractivity contribution >= 4 is 5.69 Å². The van der Waals surface area contributed by atoms with Gasteiger partial charge in [0.05, 0.1) is 26.3 Å². The van der Waals surface area contributed by atoms with Crippen molar-refractivity contribution in [2.45, 2.75) is 25.6 Å². The van der Waals surface area contributed by atoms with Gasteiger partial charge in [-0.25, -0.2) is 15.2 Å². The Bertz CT molecular complexity index is 1120. The normalized spacial score (nSPS) is 21.8. The van der Waals surface area contributed by atoms with Crippen molar-refractivity contribution in [3.63, 3.8) is 0 Å². The number of hydrogen-bond donors (Lipinski definition) is 2. The average Bonchev–Trinajstić information content (AvgIpc) is 3.22. The number of anilines is 1. The van der Waals surface area contributed by atoms with Crippen LogP contribution in [0.2, 0.25) is 0 Å². The molecule has 3 atom stereocenters. The van der Waals surface area contributed by atoms with Crippen LogP contribution in [0.25, 0.3) is 0 Å². The highest BCUT2D eigenvalue weighted by molar-refractivity contribution is 5.65. The first kappa shape index (κ1) is 20.8. The summed E-state index contributed by atoms with van der Waals surface area (Å²) in [6.07, 6.45) is 0. The highest BCUT2D eigenvalue weighted by Gasteiger charge is 2.43. The van der Waals surface area contributed by atoms with Gasteiger partial charge >= 0.3 is 0 Å². The highest BCUT2D eigenvalue weighted by Crippen LogP contribution is 2.48. The van der Waals surface area contributed by atoms with Gasteiger partial charge in [-0.05, 0) is 41.8 Å². The first-order chi connectivity index (χ1) is 15.6. The van der Waals surface area contributed by atoms with Gasteiger partial charge in [-0.2, -0.15) is 0 Å².